The zero-order valence-electron chi connectivity index (χ0n) is 15.9. The van der Waals surface area contributed by atoms with Gasteiger partial charge in [-0.15, -0.1) is 0 Å². The molecule has 1 N–H and O–H groups in total. The summed E-state index contributed by atoms with van der Waals surface area (Å²) in [6, 6.07) is 4.76. The number of halogens is 2. The molecule has 1 unspecified atom stereocenters. The minimum atomic E-state index is -0.398. The van der Waals surface area contributed by atoms with Gasteiger partial charge in [-0.3, -0.25) is 4.99 Å². The number of ether oxygens (including phenoxy) is 2. The Morgan fingerprint density at radius 3 is 2.81 bits per heavy atom. The third-order valence-corrected chi connectivity index (χ3v) is 5.47. The number of nitrogens with zero attached hydrogens (tertiary/aromatic N) is 2. The minimum absolute atomic E-state index is 0.143. The summed E-state index contributed by atoms with van der Waals surface area (Å²) in [7, 11) is 1.78. The molecule has 0 saturated carbocycles. The quantitative estimate of drug-likeness (QED) is 0.609. The van der Waals surface area contributed by atoms with Gasteiger partial charge in [0.05, 0.1) is 23.8 Å². The van der Waals surface area contributed by atoms with Crippen LogP contribution in [0.15, 0.2) is 23.2 Å². The molecule has 0 aliphatic carbocycles. The van der Waals surface area contributed by atoms with E-state index >= 15 is 0 Å². The monoisotopic (exact) mass is 397 g/mol. The van der Waals surface area contributed by atoms with E-state index in [1.807, 2.05) is 0 Å². The fraction of sp³-hybridized carbons (Fsp3) is 0.650. The van der Waals surface area contributed by atoms with Gasteiger partial charge in [0.25, 0.3) is 0 Å². The molecule has 0 bridgehead atoms. The van der Waals surface area contributed by atoms with E-state index in [0.29, 0.717) is 19.3 Å². The van der Waals surface area contributed by atoms with Crippen LogP contribution in [0.3, 0.4) is 0 Å². The highest BCUT2D eigenvalue weighted by atomic mass is 35.5. The van der Waals surface area contributed by atoms with E-state index in [9.17, 15) is 4.39 Å². The minimum Gasteiger partial charge on any atom is -0.376 e. The lowest BCUT2D eigenvalue weighted by Gasteiger charge is -2.35. The third kappa shape index (κ3) is 6.06. The highest BCUT2D eigenvalue weighted by molar-refractivity contribution is 6.30. The van der Waals surface area contributed by atoms with Crippen molar-refractivity contribution in [2.24, 2.45) is 4.99 Å². The summed E-state index contributed by atoms with van der Waals surface area (Å²) in [6.45, 7) is 3.94. The summed E-state index contributed by atoms with van der Waals surface area (Å²) in [5.74, 6) is 0.454. The summed E-state index contributed by atoms with van der Waals surface area (Å²) in [4.78, 5) is 6.61. The van der Waals surface area contributed by atoms with Crippen molar-refractivity contribution in [3.63, 3.8) is 0 Å². The fourth-order valence-electron chi connectivity index (χ4n) is 3.58. The summed E-state index contributed by atoms with van der Waals surface area (Å²) in [5.41, 5.74) is 0.924. The maximum atomic E-state index is 13.3. The Morgan fingerprint density at radius 2 is 2.15 bits per heavy atom. The number of hydrogen-bond acceptors (Lipinski definition) is 3. The highest BCUT2D eigenvalue weighted by Crippen LogP contribution is 2.19. The van der Waals surface area contributed by atoms with Crippen molar-refractivity contribution in [1.29, 1.82) is 0 Å². The van der Waals surface area contributed by atoms with Crippen LogP contribution < -0.4 is 5.32 Å². The molecule has 2 saturated heterocycles. The molecular weight excluding hydrogens is 369 g/mol. The van der Waals surface area contributed by atoms with Crippen LogP contribution in [0.2, 0.25) is 5.02 Å². The first-order valence-electron chi connectivity index (χ1n) is 9.78. The maximum absolute atomic E-state index is 13.3. The lowest BCUT2D eigenvalue weighted by Crippen LogP contribution is -2.47. The van der Waals surface area contributed by atoms with Crippen LogP contribution in [0, 0.1) is 5.82 Å². The van der Waals surface area contributed by atoms with Crippen LogP contribution in [0.25, 0.3) is 0 Å². The van der Waals surface area contributed by atoms with Crippen molar-refractivity contribution < 1.29 is 13.9 Å². The van der Waals surface area contributed by atoms with Gasteiger partial charge in [-0.05, 0) is 49.8 Å². The summed E-state index contributed by atoms with van der Waals surface area (Å²) < 4.78 is 25.1. The molecule has 1 aromatic rings. The van der Waals surface area contributed by atoms with Crippen LogP contribution in [0.1, 0.15) is 37.7 Å². The van der Waals surface area contributed by atoms with Gasteiger partial charge in [0, 0.05) is 33.3 Å². The molecule has 2 aliphatic rings. The average molecular weight is 398 g/mol. The average Bonchev–Trinajstić information content (AvgIpc) is 2.71. The molecule has 7 heteroatoms. The summed E-state index contributed by atoms with van der Waals surface area (Å²) in [6.07, 6.45) is 6.06. The van der Waals surface area contributed by atoms with E-state index in [-0.39, 0.29) is 11.1 Å². The molecule has 0 radical (unpaired) electrons. The van der Waals surface area contributed by atoms with Gasteiger partial charge in [0.2, 0.25) is 0 Å². The van der Waals surface area contributed by atoms with Crippen LogP contribution in [-0.2, 0) is 16.0 Å². The zero-order chi connectivity index (χ0) is 19.1. The number of benzene rings is 1. The number of rotatable bonds is 5. The number of guanidine groups is 1. The van der Waals surface area contributed by atoms with Gasteiger partial charge in [-0.2, -0.15) is 0 Å². The first-order valence-corrected chi connectivity index (χ1v) is 10.2. The van der Waals surface area contributed by atoms with E-state index in [2.05, 4.69) is 15.2 Å². The molecule has 2 aliphatic heterocycles. The van der Waals surface area contributed by atoms with Gasteiger partial charge in [-0.25, -0.2) is 4.39 Å². The van der Waals surface area contributed by atoms with Gasteiger partial charge in [0.15, 0.2) is 5.96 Å². The van der Waals surface area contributed by atoms with E-state index in [4.69, 9.17) is 21.1 Å². The Bertz CT molecular complexity index is 630. The molecule has 150 valence electrons. The third-order valence-electron chi connectivity index (χ3n) is 5.18. The number of piperidine rings is 1. The number of aliphatic imine (C=N–C) groups is 1. The summed E-state index contributed by atoms with van der Waals surface area (Å²) >= 11 is 5.85. The van der Waals surface area contributed by atoms with E-state index in [1.165, 1.54) is 18.9 Å². The van der Waals surface area contributed by atoms with Crippen molar-refractivity contribution in [3.8, 4) is 0 Å². The van der Waals surface area contributed by atoms with Gasteiger partial charge < -0.3 is 19.7 Å². The van der Waals surface area contributed by atoms with Crippen molar-refractivity contribution in [2.75, 3.05) is 33.4 Å². The first kappa shape index (κ1) is 20.4. The number of likely N-dealkylation sites (tertiary alicyclic amines) is 1. The Morgan fingerprint density at radius 1 is 1.33 bits per heavy atom. The summed E-state index contributed by atoms with van der Waals surface area (Å²) in [5, 5.41) is 3.48. The molecule has 27 heavy (non-hydrogen) atoms. The maximum Gasteiger partial charge on any atom is 0.193 e. The van der Waals surface area contributed by atoms with Crippen molar-refractivity contribution in [2.45, 2.75) is 50.9 Å². The molecule has 2 heterocycles. The largest absolute Gasteiger partial charge is 0.376 e. The van der Waals surface area contributed by atoms with Crippen LogP contribution >= 0.6 is 11.6 Å². The Labute approximate surface area is 165 Å². The molecule has 2 fully saturated rings. The SMILES string of the molecule is CN=C(NCc1ccc(F)c(Cl)c1)N1CCC(OCC2CCCCO2)CC1. The molecular formula is C20H29ClFN3O2. The van der Waals surface area contributed by atoms with Crippen LogP contribution in [0.5, 0.6) is 0 Å². The lowest BCUT2D eigenvalue weighted by atomic mass is 10.1. The number of nitrogens with one attached hydrogen (secondary N) is 1. The van der Waals surface area contributed by atoms with Gasteiger partial charge in [0.1, 0.15) is 5.82 Å². The highest BCUT2D eigenvalue weighted by Gasteiger charge is 2.23. The van der Waals surface area contributed by atoms with Gasteiger partial charge >= 0.3 is 0 Å². The zero-order valence-corrected chi connectivity index (χ0v) is 16.7. The van der Waals surface area contributed by atoms with E-state index in [0.717, 1.165) is 50.5 Å². The molecule has 1 atom stereocenters. The van der Waals surface area contributed by atoms with Crippen molar-refractivity contribution in [3.05, 3.63) is 34.6 Å². The Hall–Kier alpha value is -1.37. The Kier molecular flexibility index (Phi) is 7.73. The van der Waals surface area contributed by atoms with E-state index < -0.39 is 5.82 Å². The lowest BCUT2D eigenvalue weighted by molar-refractivity contribution is -0.0721. The predicted octanol–water partition coefficient (Wildman–Crippen LogP) is 3.60. The Balaban J connectivity index is 1.40. The molecule has 3 rings (SSSR count). The second-order valence-corrected chi connectivity index (χ2v) is 7.56. The molecule has 0 spiro atoms. The van der Waals surface area contributed by atoms with Crippen molar-refractivity contribution in [1.82, 2.24) is 10.2 Å². The van der Waals surface area contributed by atoms with Crippen LogP contribution in [0.4, 0.5) is 4.39 Å². The molecule has 5 nitrogen and oxygen atoms in total. The fourth-order valence-corrected chi connectivity index (χ4v) is 3.78. The molecule has 1 aromatic carbocycles. The van der Waals surface area contributed by atoms with E-state index in [1.54, 1.807) is 19.2 Å². The first-order chi connectivity index (χ1) is 13.2. The van der Waals surface area contributed by atoms with Gasteiger partial charge in [-0.1, -0.05) is 17.7 Å². The van der Waals surface area contributed by atoms with Crippen molar-refractivity contribution >= 4 is 17.6 Å². The van der Waals surface area contributed by atoms with Crippen LogP contribution in [-0.4, -0.2) is 56.4 Å². The second-order valence-electron chi connectivity index (χ2n) is 7.16. The predicted molar refractivity (Wildman–Crippen MR) is 106 cm³/mol. The smallest absolute Gasteiger partial charge is 0.193 e. The topological polar surface area (TPSA) is 46.1 Å². The molecule has 0 amide bonds. The number of hydrogen-bond donors (Lipinski definition) is 1. The molecule has 0 aromatic heterocycles. The second kappa shape index (κ2) is 10.2. The normalized spacial score (nSPS) is 22.1. The standard InChI is InChI=1S/C20H29ClFN3O2/c1-23-20(24-13-15-5-6-19(22)18(21)12-15)25-9-7-16(8-10-25)27-14-17-4-2-3-11-26-17/h5-6,12,16-17H,2-4,7-11,13-14H2,1H3,(H,23,24).